The van der Waals surface area contributed by atoms with Crippen LogP contribution in [0.5, 0.6) is 11.5 Å². The summed E-state index contributed by atoms with van der Waals surface area (Å²) in [5.74, 6) is -0.708. The first-order valence-electron chi connectivity index (χ1n) is 15.0. The zero-order chi connectivity index (χ0) is 35.4. The average molecular weight is 830 g/mol. The van der Waals surface area contributed by atoms with Gasteiger partial charge in [0, 0.05) is 36.1 Å². The molecule has 0 bridgehead atoms. The van der Waals surface area contributed by atoms with Gasteiger partial charge >= 0.3 is 13.2 Å². The molecule has 0 unspecified atom stereocenters. The van der Waals surface area contributed by atoms with E-state index in [0.29, 0.717) is 33.2 Å². The predicted octanol–water partition coefficient (Wildman–Crippen LogP) is 11.1. The van der Waals surface area contributed by atoms with Crippen molar-refractivity contribution in [2.75, 3.05) is 0 Å². The fraction of sp³-hybridized carbons (Fsp3) is 0.235. The first-order valence-corrected chi connectivity index (χ1v) is 16.6. The lowest BCUT2D eigenvalue weighted by Crippen LogP contribution is -2.10. The fourth-order valence-corrected chi connectivity index (χ4v) is 7.24. The predicted molar refractivity (Wildman–Crippen MR) is 174 cm³/mol. The number of halogens is 10. The molecule has 16 heteroatoms. The van der Waals surface area contributed by atoms with Crippen LogP contribution < -0.4 is 9.47 Å². The Morgan fingerprint density at radius 2 is 1.00 bits per heavy atom. The van der Waals surface area contributed by atoms with Crippen LogP contribution in [0.4, 0.5) is 35.1 Å². The normalized spacial score (nSPS) is 19.6. The topological polar surface area (TPSA) is 54.1 Å². The van der Waals surface area contributed by atoms with Crippen molar-refractivity contribution in [1.82, 2.24) is 19.1 Å². The molecule has 2 aromatic heterocycles. The quantitative estimate of drug-likeness (QED) is 0.157. The molecule has 6 aromatic rings. The average Bonchev–Trinajstić information content (AvgIpc) is 3.79. The van der Waals surface area contributed by atoms with Crippen molar-refractivity contribution in [3.05, 3.63) is 116 Å². The number of imidazole rings is 2. The van der Waals surface area contributed by atoms with E-state index in [2.05, 4.69) is 51.3 Å². The summed E-state index contributed by atoms with van der Waals surface area (Å²) in [5.41, 5.74) is 2.55. The molecule has 0 N–H and O–H groups in total. The minimum atomic E-state index is -2.98. The first kappa shape index (κ1) is 34.3. The molecule has 260 valence electrons. The Labute approximate surface area is 294 Å². The minimum absolute atomic E-state index is 0.00872. The van der Waals surface area contributed by atoms with Gasteiger partial charge in [-0.1, -0.05) is 36.4 Å². The molecule has 8 rings (SSSR count). The Bertz CT molecular complexity index is 2070. The third kappa shape index (κ3) is 6.20. The zero-order valence-corrected chi connectivity index (χ0v) is 28.4. The molecule has 6 nitrogen and oxygen atoms in total. The van der Waals surface area contributed by atoms with E-state index in [1.54, 1.807) is 45.5 Å². The third-order valence-electron chi connectivity index (χ3n) is 8.55. The number of aromatic nitrogens is 4. The smallest absolute Gasteiger partial charge is 0.387 e. The number of hydrogen-bond acceptors (Lipinski definition) is 4. The standard InChI is InChI=1S/2C17H11BrF4N2O/c2*18-9-5-14-12(6-10(9)19)23-16-11(20)7-13(24(14)16)8-3-1-2-4-15(8)25-17(21)22/h2*1-6,11,13,17H,7H2/t11-,13+;11-,13-/m01/s1. The molecule has 0 aliphatic carbocycles. The van der Waals surface area contributed by atoms with Crippen LogP contribution in [0.15, 0.2) is 81.7 Å². The van der Waals surface area contributed by atoms with Crippen molar-refractivity contribution < 1.29 is 44.6 Å². The molecule has 4 aromatic carbocycles. The Balaban J connectivity index is 0.000000157. The fourth-order valence-electron chi connectivity index (χ4n) is 6.58. The molecule has 0 amide bonds. The number of benzene rings is 4. The third-order valence-corrected chi connectivity index (χ3v) is 9.77. The van der Waals surface area contributed by atoms with Crippen LogP contribution >= 0.6 is 31.9 Å². The van der Waals surface area contributed by atoms with Crippen LogP contribution in [0.3, 0.4) is 0 Å². The van der Waals surface area contributed by atoms with Crippen molar-refractivity contribution in [1.29, 1.82) is 0 Å². The summed E-state index contributed by atoms with van der Waals surface area (Å²) < 4.78 is 120. The van der Waals surface area contributed by atoms with Gasteiger partial charge in [0.25, 0.3) is 0 Å². The molecule has 0 saturated heterocycles. The second-order valence-corrected chi connectivity index (χ2v) is 13.2. The van der Waals surface area contributed by atoms with E-state index in [-0.39, 0.29) is 44.9 Å². The van der Waals surface area contributed by atoms with Gasteiger partial charge in [-0.3, -0.25) is 0 Å². The number of para-hydroxylation sites is 2. The van der Waals surface area contributed by atoms with Crippen LogP contribution in [-0.4, -0.2) is 32.3 Å². The molecule has 4 atom stereocenters. The van der Waals surface area contributed by atoms with Crippen LogP contribution in [-0.2, 0) is 0 Å². The molecule has 50 heavy (non-hydrogen) atoms. The van der Waals surface area contributed by atoms with E-state index < -0.39 is 49.3 Å². The van der Waals surface area contributed by atoms with E-state index in [1.165, 1.54) is 36.4 Å². The summed E-state index contributed by atoms with van der Waals surface area (Å²) in [7, 11) is 0. The summed E-state index contributed by atoms with van der Waals surface area (Å²) in [6.45, 7) is -5.96. The molecule has 2 aliphatic heterocycles. The second-order valence-electron chi connectivity index (χ2n) is 11.5. The van der Waals surface area contributed by atoms with Crippen molar-refractivity contribution in [2.24, 2.45) is 0 Å². The molecule has 0 radical (unpaired) electrons. The number of alkyl halides is 6. The highest BCUT2D eigenvalue weighted by molar-refractivity contribution is 9.10. The number of fused-ring (bicyclic) bond motifs is 6. The van der Waals surface area contributed by atoms with Crippen molar-refractivity contribution in [2.45, 2.75) is 50.5 Å². The van der Waals surface area contributed by atoms with Gasteiger partial charge in [-0.2, -0.15) is 17.6 Å². The van der Waals surface area contributed by atoms with Crippen molar-refractivity contribution >= 4 is 53.9 Å². The summed E-state index contributed by atoms with van der Waals surface area (Å²) in [6, 6.07) is 16.9. The molecule has 0 fully saturated rings. The van der Waals surface area contributed by atoms with Gasteiger partial charge in [0.2, 0.25) is 0 Å². The highest BCUT2D eigenvalue weighted by Gasteiger charge is 2.38. The number of rotatable bonds is 6. The summed E-state index contributed by atoms with van der Waals surface area (Å²) in [4.78, 5) is 8.36. The Hall–Kier alpha value is -4.18. The van der Waals surface area contributed by atoms with Gasteiger partial charge in [0.1, 0.15) is 34.8 Å². The highest BCUT2D eigenvalue weighted by Crippen LogP contribution is 2.47. The van der Waals surface area contributed by atoms with Gasteiger partial charge in [-0.05, 0) is 56.1 Å². The Morgan fingerprint density at radius 1 is 0.620 bits per heavy atom. The minimum Gasteiger partial charge on any atom is -0.434 e. The maximum Gasteiger partial charge on any atom is 0.387 e. The number of ether oxygens (including phenoxy) is 2. The lowest BCUT2D eigenvalue weighted by atomic mass is 10.0. The van der Waals surface area contributed by atoms with Crippen LogP contribution in [0.25, 0.3) is 22.1 Å². The molecule has 0 spiro atoms. The van der Waals surface area contributed by atoms with E-state index >= 15 is 0 Å². The molecule has 4 heterocycles. The van der Waals surface area contributed by atoms with E-state index in [0.717, 1.165) is 0 Å². The zero-order valence-electron chi connectivity index (χ0n) is 25.2. The van der Waals surface area contributed by atoms with E-state index in [9.17, 15) is 35.1 Å². The van der Waals surface area contributed by atoms with Crippen LogP contribution in [0.1, 0.15) is 60.0 Å². The summed E-state index contributed by atoms with van der Waals surface area (Å²) in [6.07, 6.45) is -2.65. The molecule has 2 aliphatic rings. The number of nitrogens with zero attached hydrogens (tertiary/aromatic N) is 4. The van der Waals surface area contributed by atoms with Gasteiger partial charge in [0.15, 0.2) is 12.3 Å². The van der Waals surface area contributed by atoms with Crippen LogP contribution in [0.2, 0.25) is 0 Å². The largest absolute Gasteiger partial charge is 0.434 e. The van der Waals surface area contributed by atoms with Gasteiger partial charge in [-0.25, -0.2) is 27.5 Å². The Morgan fingerprint density at radius 3 is 1.38 bits per heavy atom. The Kier molecular flexibility index (Phi) is 9.26. The molecular weight excluding hydrogens is 808 g/mol. The molecular formula is C34H22Br2F8N4O2. The summed E-state index contributed by atoms with van der Waals surface area (Å²) >= 11 is 6.23. The van der Waals surface area contributed by atoms with Gasteiger partial charge < -0.3 is 18.6 Å². The maximum absolute atomic E-state index is 14.5. The monoisotopic (exact) mass is 828 g/mol. The summed E-state index contributed by atoms with van der Waals surface area (Å²) in [5, 5.41) is 0. The molecule has 0 saturated carbocycles. The van der Waals surface area contributed by atoms with Crippen molar-refractivity contribution in [3.8, 4) is 11.5 Å². The van der Waals surface area contributed by atoms with Crippen molar-refractivity contribution in [3.63, 3.8) is 0 Å². The lowest BCUT2D eigenvalue weighted by molar-refractivity contribution is -0.0513. The van der Waals surface area contributed by atoms with E-state index in [1.807, 2.05) is 0 Å². The highest BCUT2D eigenvalue weighted by atomic mass is 79.9. The second kappa shape index (κ2) is 13.5. The van der Waals surface area contributed by atoms with Gasteiger partial charge in [-0.15, -0.1) is 0 Å². The van der Waals surface area contributed by atoms with E-state index in [4.69, 9.17) is 0 Å². The van der Waals surface area contributed by atoms with Gasteiger partial charge in [0.05, 0.1) is 43.1 Å². The van der Waals surface area contributed by atoms with Crippen LogP contribution in [0, 0.1) is 11.6 Å². The maximum atomic E-state index is 14.5. The number of hydrogen-bond donors (Lipinski definition) is 0. The first-order chi connectivity index (χ1) is 23.9. The lowest BCUT2D eigenvalue weighted by Gasteiger charge is -2.18. The SMILES string of the molecule is Fc1cc2nc3n(c2cc1Br)[C@@H](c1ccccc1OC(F)F)C[C@@H]3F.Fc1cc2nc3n(c2cc1Br)[C@@H](c1ccccc1OC(F)F)C[C@H]3F.